The average Bonchev–Trinajstić information content (AvgIpc) is 2.86. The van der Waals surface area contributed by atoms with Crippen molar-refractivity contribution in [3.63, 3.8) is 0 Å². The van der Waals surface area contributed by atoms with Crippen molar-refractivity contribution in [2.75, 3.05) is 18.4 Å². The minimum absolute atomic E-state index is 0.0230. The summed E-state index contributed by atoms with van der Waals surface area (Å²) in [5.74, 6) is 0.139. The van der Waals surface area contributed by atoms with Crippen molar-refractivity contribution >= 4 is 11.6 Å². The molecular weight excluding hydrogens is 267 g/mol. The van der Waals surface area contributed by atoms with Crippen molar-refractivity contribution in [3.8, 4) is 0 Å². The van der Waals surface area contributed by atoms with E-state index >= 15 is 0 Å². The number of hydrogen-bond acceptors (Lipinski definition) is 2. The standard InChI is InChI=1S/C17H15FN2O/c18-11-6-4-10(5-7-11)13-8-20-17(21)12-2-1-3-15-16(12)14(13)9-19-15/h1-7,13-14,19H,8-9H2,(H,20,21). The van der Waals surface area contributed by atoms with Crippen molar-refractivity contribution < 1.29 is 9.18 Å². The van der Waals surface area contributed by atoms with Crippen molar-refractivity contribution in [2.24, 2.45) is 0 Å². The van der Waals surface area contributed by atoms with Crippen LogP contribution in [-0.2, 0) is 0 Å². The predicted octanol–water partition coefficient (Wildman–Crippen LogP) is 2.86. The highest BCUT2D eigenvalue weighted by Gasteiger charge is 2.36. The number of nitrogens with one attached hydrogen (secondary N) is 2. The first kappa shape index (κ1) is 12.4. The number of carbonyl (C=O) groups excluding carboxylic acids is 1. The fourth-order valence-corrected chi connectivity index (χ4v) is 3.48. The third kappa shape index (κ3) is 1.90. The second-order valence-electron chi connectivity index (χ2n) is 5.62. The van der Waals surface area contributed by atoms with Crippen LogP contribution in [0.5, 0.6) is 0 Å². The van der Waals surface area contributed by atoms with Crippen molar-refractivity contribution in [2.45, 2.75) is 11.8 Å². The van der Waals surface area contributed by atoms with Gasteiger partial charge >= 0.3 is 0 Å². The quantitative estimate of drug-likeness (QED) is 0.844. The smallest absolute Gasteiger partial charge is 0.251 e. The molecule has 21 heavy (non-hydrogen) atoms. The first-order chi connectivity index (χ1) is 10.2. The molecule has 2 aliphatic rings. The lowest BCUT2D eigenvalue weighted by molar-refractivity contribution is 0.0954. The van der Waals surface area contributed by atoms with Crippen LogP contribution >= 0.6 is 0 Å². The zero-order valence-corrected chi connectivity index (χ0v) is 11.4. The molecule has 2 heterocycles. The van der Waals surface area contributed by atoms with E-state index in [4.69, 9.17) is 0 Å². The van der Waals surface area contributed by atoms with Gasteiger partial charge in [0.15, 0.2) is 0 Å². The summed E-state index contributed by atoms with van der Waals surface area (Å²) in [7, 11) is 0. The number of rotatable bonds is 1. The van der Waals surface area contributed by atoms with E-state index in [2.05, 4.69) is 10.6 Å². The van der Waals surface area contributed by atoms with Gasteiger partial charge in [-0.25, -0.2) is 4.39 Å². The van der Waals surface area contributed by atoms with E-state index < -0.39 is 0 Å². The van der Waals surface area contributed by atoms with Gasteiger partial charge in [0.05, 0.1) is 0 Å². The van der Waals surface area contributed by atoms with Gasteiger partial charge in [0, 0.05) is 36.2 Å². The van der Waals surface area contributed by atoms with Crippen LogP contribution in [0.15, 0.2) is 42.5 Å². The third-order valence-electron chi connectivity index (χ3n) is 4.50. The van der Waals surface area contributed by atoms with Crippen LogP contribution in [0.2, 0.25) is 0 Å². The Morgan fingerprint density at radius 2 is 1.71 bits per heavy atom. The molecule has 1 amide bonds. The van der Waals surface area contributed by atoms with E-state index in [9.17, 15) is 9.18 Å². The van der Waals surface area contributed by atoms with E-state index in [1.54, 1.807) is 0 Å². The van der Waals surface area contributed by atoms with Crippen molar-refractivity contribution in [1.82, 2.24) is 5.32 Å². The molecule has 2 aromatic carbocycles. The van der Waals surface area contributed by atoms with Gasteiger partial charge in [0.1, 0.15) is 5.82 Å². The predicted molar refractivity (Wildman–Crippen MR) is 79.1 cm³/mol. The maximum absolute atomic E-state index is 13.1. The highest BCUT2D eigenvalue weighted by molar-refractivity contribution is 5.98. The molecule has 0 saturated heterocycles. The Morgan fingerprint density at radius 1 is 0.952 bits per heavy atom. The number of anilines is 1. The Balaban J connectivity index is 1.83. The number of hydrogen-bond donors (Lipinski definition) is 2. The summed E-state index contributed by atoms with van der Waals surface area (Å²) >= 11 is 0. The van der Waals surface area contributed by atoms with Crippen LogP contribution in [0.4, 0.5) is 10.1 Å². The molecular formula is C17H15FN2O. The highest BCUT2D eigenvalue weighted by atomic mass is 19.1. The second-order valence-corrected chi connectivity index (χ2v) is 5.62. The summed E-state index contributed by atoms with van der Waals surface area (Å²) in [5, 5.41) is 6.38. The van der Waals surface area contributed by atoms with E-state index in [0.717, 1.165) is 28.9 Å². The largest absolute Gasteiger partial charge is 0.384 e. The molecule has 0 fully saturated rings. The van der Waals surface area contributed by atoms with Gasteiger partial charge in [-0.15, -0.1) is 0 Å². The number of carbonyl (C=O) groups is 1. The molecule has 0 bridgehead atoms. The first-order valence-electron chi connectivity index (χ1n) is 7.14. The maximum Gasteiger partial charge on any atom is 0.251 e. The maximum atomic E-state index is 13.1. The van der Waals surface area contributed by atoms with Crippen LogP contribution in [0.1, 0.15) is 33.3 Å². The topological polar surface area (TPSA) is 41.1 Å². The summed E-state index contributed by atoms with van der Waals surface area (Å²) in [6, 6.07) is 12.4. The Labute approximate surface area is 122 Å². The number of benzene rings is 2. The molecule has 3 nitrogen and oxygen atoms in total. The zero-order valence-electron chi connectivity index (χ0n) is 11.4. The second kappa shape index (κ2) is 4.58. The summed E-state index contributed by atoms with van der Waals surface area (Å²) < 4.78 is 13.1. The Kier molecular flexibility index (Phi) is 2.70. The molecule has 4 rings (SSSR count). The molecule has 0 aromatic heterocycles. The molecule has 0 saturated carbocycles. The van der Waals surface area contributed by atoms with Gasteiger partial charge in [0.25, 0.3) is 5.91 Å². The first-order valence-corrected chi connectivity index (χ1v) is 7.14. The van der Waals surface area contributed by atoms with Gasteiger partial charge in [-0.05, 0) is 35.4 Å². The van der Waals surface area contributed by atoms with Gasteiger partial charge in [-0.1, -0.05) is 18.2 Å². The van der Waals surface area contributed by atoms with Crippen LogP contribution in [0.3, 0.4) is 0 Å². The molecule has 2 N–H and O–H groups in total. The Morgan fingerprint density at radius 3 is 2.52 bits per heavy atom. The fourth-order valence-electron chi connectivity index (χ4n) is 3.48. The molecule has 0 radical (unpaired) electrons. The van der Waals surface area contributed by atoms with Crippen LogP contribution in [0, 0.1) is 5.82 Å². The molecule has 0 spiro atoms. The minimum atomic E-state index is -0.234. The molecule has 106 valence electrons. The average molecular weight is 282 g/mol. The SMILES string of the molecule is O=C1NCC(c2ccc(F)cc2)C2CNc3cccc1c32. The summed E-state index contributed by atoms with van der Waals surface area (Å²) in [6.07, 6.45) is 0. The Hall–Kier alpha value is -2.36. The lowest BCUT2D eigenvalue weighted by Crippen LogP contribution is -2.27. The van der Waals surface area contributed by atoms with Crippen LogP contribution < -0.4 is 10.6 Å². The van der Waals surface area contributed by atoms with Gasteiger partial charge < -0.3 is 10.6 Å². The van der Waals surface area contributed by atoms with Crippen molar-refractivity contribution in [3.05, 3.63) is 65.0 Å². The molecule has 0 aliphatic carbocycles. The van der Waals surface area contributed by atoms with Crippen LogP contribution in [0.25, 0.3) is 0 Å². The fraction of sp³-hybridized carbons (Fsp3) is 0.235. The summed E-state index contributed by atoms with van der Waals surface area (Å²) in [6.45, 7) is 1.38. The molecule has 2 aliphatic heterocycles. The lowest BCUT2D eigenvalue weighted by atomic mass is 9.82. The Bertz CT molecular complexity index is 711. The van der Waals surface area contributed by atoms with Gasteiger partial charge in [-0.2, -0.15) is 0 Å². The van der Waals surface area contributed by atoms with E-state index in [0.29, 0.717) is 6.54 Å². The van der Waals surface area contributed by atoms with E-state index in [-0.39, 0.29) is 23.6 Å². The third-order valence-corrected chi connectivity index (χ3v) is 4.50. The van der Waals surface area contributed by atoms with E-state index in [1.807, 2.05) is 30.3 Å². The van der Waals surface area contributed by atoms with Crippen molar-refractivity contribution in [1.29, 1.82) is 0 Å². The van der Waals surface area contributed by atoms with E-state index in [1.165, 1.54) is 12.1 Å². The molecule has 4 heteroatoms. The molecule has 2 unspecified atom stereocenters. The zero-order chi connectivity index (χ0) is 14.4. The van der Waals surface area contributed by atoms with Gasteiger partial charge in [0.2, 0.25) is 0 Å². The molecule has 2 aromatic rings. The number of amides is 1. The molecule has 2 atom stereocenters. The highest BCUT2D eigenvalue weighted by Crippen LogP contribution is 2.43. The summed E-state index contributed by atoms with van der Waals surface area (Å²) in [5.41, 5.74) is 3.96. The van der Waals surface area contributed by atoms with Gasteiger partial charge in [-0.3, -0.25) is 4.79 Å². The minimum Gasteiger partial charge on any atom is -0.384 e. The number of halogens is 1. The summed E-state index contributed by atoms with van der Waals surface area (Å²) in [4.78, 5) is 12.3. The normalized spacial score (nSPS) is 23.0. The lowest BCUT2D eigenvalue weighted by Gasteiger charge is -2.22. The monoisotopic (exact) mass is 282 g/mol. The van der Waals surface area contributed by atoms with Crippen LogP contribution in [-0.4, -0.2) is 19.0 Å².